The normalized spacial score (nSPS) is 24.5. The first-order valence-electron chi connectivity index (χ1n) is 6.15. The number of hydrogen-bond donors (Lipinski definition) is 2. The van der Waals surface area contributed by atoms with Crippen LogP contribution in [0.15, 0.2) is 5.51 Å². The second-order valence-electron chi connectivity index (χ2n) is 4.54. The summed E-state index contributed by atoms with van der Waals surface area (Å²) in [7, 11) is 0. The van der Waals surface area contributed by atoms with Gasteiger partial charge in [0.1, 0.15) is 5.00 Å². The Morgan fingerprint density at radius 2 is 2.35 bits per heavy atom. The Hall–Kier alpha value is -1.10. The molecule has 0 saturated heterocycles. The SMILES string of the molecule is CCC1CCCCC1Nc1scnc1C(=O)O. The van der Waals surface area contributed by atoms with Crippen molar-refractivity contribution in [2.24, 2.45) is 5.92 Å². The molecule has 17 heavy (non-hydrogen) atoms. The maximum absolute atomic E-state index is 11.0. The Morgan fingerprint density at radius 1 is 1.59 bits per heavy atom. The molecule has 2 rings (SSSR count). The van der Waals surface area contributed by atoms with Crippen LogP contribution in [0.2, 0.25) is 0 Å². The average molecular weight is 254 g/mol. The maximum Gasteiger partial charge on any atom is 0.357 e. The number of carboxylic acid groups (broad SMARTS) is 1. The van der Waals surface area contributed by atoms with E-state index >= 15 is 0 Å². The molecule has 0 spiro atoms. The summed E-state index contributed by atoms with van der Waals surface area (Å²) in [6, 6.07) is 0.410. The van der Waals surface area contributed by atoms with E-state index in [1.54, 1.807) is 5.51 Å². The van der Waals surface area contributed by atoms with Crippen molar-refractivity contribution in [3.05, 3.63) is 11.2 Å². The number of aromatic carboxylic acids is 1. The van der Waals surface area contributed by atoms with Gasteiger partial charge < -0.3 is 10.4 Å². The summed E-state index contributed by atoms with van der Waals surface area (Å²) in [5.41, 5.74) is 1.76. The molecule has 1 aromatic rings. The van der Waals surface area contributed by atoms with Crippen LogP contribution in [-0.4, -0.2) is 22.1 Å². The molecule has 1 aliphatic rings. The van der Waals surface area contributed by atoms with Gasteiger partial charge in [-0.05, 0) is 18.8 Å². The van der Waals surface area contributed by atoms with Crippen molar-refractivity contribution < 1.29 is 9.90 Å². The molecule has 0 aromatic carbocycles. The van der Waals surface area contributed by atoms with E-state index in [1.807, 2.05) is 0 Å². The summed E-state index contributed by atoms with van der Waals surface area (Å²) < 4.78 is 0. The Bertz CT molecular complexity index is 392. The summed E-state index contributed by atoms with van der Waals surface area (Å²) >= 11 is 1.38. The van der Waals surface area contributed by atoms with E-state index in [0.29, 0.717) is 17.0 Å². The van der Waals surface area contributed by atoms with Gasteiger partial charge in [0.2, 0.25) is 0 Å². The van der Waals surface area contributed by atoms with Crippen molar-refractivity contribution in [2.45, 2.75) is 45.1 Å². The van der Waals surface area contributed by atoms with Gasteiger partial charge in [0.25, 0.3) is 0 Å². The lowest BCUT2D eigenvalue weighted by atomic mass is 9.83. The molecule has 0 bridgehead atoms. The third-order valence-corrected chi connectivity index (χ3v) is 4.28. The molecule has 2 atom stereocenters. The number of rotatable bonds is 4. The van der Waals surface area contributed by atoms with Crippen LogP contribution in [0.25, 0.3) is 0 Å². The van der Waals surface area contributed by atoms with Gasteiger partial charge in [-0.15, -0.1) is 11.3 Å². The number of nitrogens with zero attached hydrogens (tertiary/aromatic N) is 1. The second-order valence-corrected chi connectivity index (χ2v) is 5.39. The molecule has 1 aliphatic carbocycles. The van der Waals surface area contributed by atoms with E-state index in [2.05, 4.69) is 17.2 Å². The minimum Gasteiger partial charge on any atom is -0.476 e. The minimum atomic E-state index is -0.947. The summed E-state index contributed by atoms with van der Waals surface area (Å²) in [6.07, 6.45) is 6.06. The molecule has 5 heteroatoms. The largest absolute Gasteiger partial charge is 0.476 e. The predicted octanol–water partition coefficient (Wildman–Crippen LogP) is 3.22. The van der Waals surface area contributed by atoms with Gasteiger partial charge in [0, 0.05) is 6.04 Å². The molecule has 2 N–H and O–H groups in total. The molecular weight excluding hydrogens is 236 g/mol. The number of aromatic nitrogens is 1. The number of hydrogen-bond acceptors (Lipinski definition) is 4. The molecule has 1 heterocycles. The number of nitrogens with one attached hydrogen (secondary N) is 1. The van der Waals surface area contributed by atoms with Gasteiger partial charge in [-0.3, -0.25) is 0 Å². The summed E-state index contributed by atoms with van der Waals surface area (Å²) in [6.45, 7) is 2.20. The van der Waals surface area contributed by atoms with Crippen LogP contribution in [0, 0.1) is 5.92 Å². The van der Waals surface area contributed by atoms with Crippen LogP contribution in [0.5, 0.6) is 0 Å². The van der Waals surface area contributed by atoms with Crippen molar-refractivity contribution >= 4 is 22.3 Å². The van der Waals surface area contributed by atoms with Crippen LogP contribution >= 0.6 is 11.3 Å². The number of carboxylic acids is 1. The van der Waals surface area contributed by atoms with Crippen LogP contribution < -0.4 is 5.32 Å². The Balaban J connectivity index is 2.08. The van der Waals surface area contributed by atoms with Gasteiger partial charge in [0.05, 0.1) is 5.51 Å². The number of thiazole rings is 1. The van der Waals surface area contributed by atoms with Crippen LogP contribution in [-0.2, 0) is 0 Å². The van der Waals surface area contributed by atoms with Crippen LogP contribution in [0.3, 0.4) is 0 Å². The molecule has 0 amide bonds. The summed E-state index contributed by atoms with van der Waals surface area (Å²) in [5, 5.41) is 13.1. The highest BCUT2D eigenvalue weighted by Crippen LogP contribution is 2.31. The van der Waals surface area contributed by atoms with Crippen molar-refractivity contribution in [3.8, 4) is 0 Å². The molecular formula is C12H18N2O2S. The number of carbonyl (C=O) groups is 1. The van der Waals surface area contributed by atoms with Gasteiger partial charge in [-0.25, -0.2) is 9.78 Å². The standard InChI is InChI=1S/C12H18N2O2S/c1-2-8-5-3-4-6-9(8)14-11-10(12(15)16)13-7-17-11/h7-9,14H,2-6H2,1H3,(H,15,16). The lowest BCUT2D eigenvalue weighted by Gasteiger charge is -2.31. The first-order chi connectivity index (χ1) is 8.22. The molecule has 1 aromatic heterocycles. The molecule has 0 aliphatic heterocycles. The van der Waals surface area contributed by atoms with Gasteiger partial charge in [-0.1, -0.05) is 26.2 Å². The monoisotopic (exact) mass is 254 g/mol. The van der Waals surface area contributed by atoms with E-state index in [1.165, 1.54) is 30.6 Å². The lowest BCUT2D eigenvalue weighted by molar-refractivity contribution is 0.0692. The Morgan fingerprint density at radius 3 is 3.06 bits per heavy atom. The minimum absolute atomic E-state index is 0.162. The fourth-order valence-corrected chi connectivity index (χ4v) is 3.29. The zero-order valence-corrected chi connectivity index (χ0v) is 10.8. The fraction of sp³-hybridized carbons (Fsp3) is 0.667. The highest BCUT2D eigenvalue weighted by molar-refractivity contribution is 7.14. The Kier molecular flexibility index (Phi) is 3.99. The molecule has 4 nitrogen and oxygen atoms in total. The van der Waals surface area contributed by atoms with Gasteiger partial charge in [0.15, 0.2) is 5.69 Å². The Labute approximate surface area is 105 Å². The molecule has 1 fully saturated rings. The van der Waals surface area contributed by atoms with Gasteiger partial charge >= 0.3 is 5.97 Å². The molecule has 2 unspecified atom stereocenters. The van der Waals surface area contributed by atoms with E-state index < -0.39 is 5.97 Å². The molecule has 0 radical (unpaired) electrons. The van der Waals surface area contributed by atoms with Gasteiger partial charge in [-0.2, -0.15) is 0 Å². The zero-order valence-electron chi connectivity index (χ0n) is 9.98. The quantitative estimate of drug-likeness (QED) is 0.866. The summed E-state index contributed by atoms with van der Waals surface area (Å²) in [4.78, 5) is 14.9. The number of anilines is 1. The lowest BCUT2D eigenvalue weighted by Crippen LogP contribution is -2.32. The first kappa shape index (κ1) is 12.4. The van der Waals surface area contributed by atoms with Crippen molar-refractivity contribution in [1.29, 1.82) is 0 Å². The average Bonchev–Trinajstić information content (AvgIpc) is 2.78. The predicted molar refractivity (Wildman–Crippen MR) is 68.7 cm³/mol. The highest BCUT2D eigenvalue weighted by Gasteiger charge is 2.25. The van der Waals surface area contributed by atoms with E-state index in [9.17, 15) is 4.79 Å². The van der Waals surface area contributed by atoms with Crippen LogP contribution in [0.1, 0.15) is 49.5 Å². The van der Waals surface area contributed by atoms with Crippen LogP contribution in [0.4, 0.5) is 5.00 Å². The summed E-state index contributed by atoms with van der Waals surface area (Å²) in [5.74, 6) is -0.287. The van der Waals surface area contributed by atoms with E-state index in [-0.39, 0.29) is 5.69 Å². The third-order valence-electron chi connectivity index (χ3n) is 3.52. The zero-order chi connectivity index (χ0) is 12.3. The van der Waals surface area contributed by atoms with E-state index in [4.69, 9.17) is 5.11 Å². The topological polar surface area (TPSA) is 62.2 Å². The maximum atomic E-state index is 11.0. The fourth-order valence-electron chi connectivity index (χ4n) is 2.56. The van der Waals surface area contributed by atoms with E-state index in [0.717, 1.165) is 12.8 Å². The highest BCUT2D eigenvalue weighted by atomic mass is 32.1. The smallest absolute Gasteiger partial charge is 0.357 e. The van der Waals surface area contributed by atoms with Crippen molar-refractivity contribution in [2.75, 3.05) is 5.32 Å². The first-order valence-corrected chi connectivity index (χ1v) is 7.03. The van der Waals surface area contributed by atoms with Crippen molar-refractivity contribution in [1.82, 2.24) is 4.98 Å². The molecule has 94 valence electrons. The third kappa shape index (κ3) is 2.77. The second kappa shape index (κ2) is 5.49. The van der Waals surface area contributed by atoms with Crippen molar-refractivity contribution in [3.63, 3.8) is 0 Å². The molecule has 1 saturated carbocycles.